The number of aromatic nitrogens is 3. The lowest BCUT2D eigenvalue weighted by Crippen LogP contribution is -2.37. The second kappa shape index (κ2) is 6.46. The molecule has 1 aliphatic heterocycles. The first-order valence-corrected chi connectivity index (χ1v) is 7.44. The zero-order valence-corrected chi connectivity index (χ0v) is 12.5. The van der Waals surface area contributed by atoms with E-state index in [1.54, 1.807) is 0 Å². The summed E-state index contributed by atoms with van der Waals surface area (Å²) >= 11 is 0. The first-order chi connectivity index (χ1) is 10.8. The Morgan fingerprint density at radius 2 is 2.36 bits per heavy atom. The first-order valence-electron chi connectivity index (χ1n) is 7.44. The van der Waals surface area contributed by atoms with Crippen LogP contribution < -0.4 is 15.8 Å². The number of fused-ring (bicyclic) bond motifs is 1. The molecule has 0 saturated carbocycles. The van der Waals surface area contributed by atoms with Gasteiger partial charge in [-0.1, -0.05) is 25.1 Å². The maximum Gasteiger partial charge on any atom is 0.189 e. The Morgan fingerprint density at radius 1 is 1.50 bits per heavy atom. The molecular formula is C15H20N6O. The highest BCUT2D eigenvalue weighted by atomic mass is 16.5. The Labute approximate surface area is 129 Å². The van der Waals surface area contributed by atoms with E-state index >= 15 is 0 Å². The molecule has 7 heteroatoms. The number of nitrogens with one attached hydrogen (secondary N) is 2. The topological polar surface area (TPSA) is 101 Å². The number of benzene rings is 1. The minimum Gasteiger partial charge on any atom is -0.493 e. The van der Waals surface area contributed by atoms with Crippen LogP contribution >= 0.6 is 0 Å². The zero-order valence-electron chi connectivity index (χ0n) is 12.5. The number of aromatic amines is 1. The molecule has 116 valence electrons. The average Bonchev–Trinajstić information content (AvgIpc) is 3.01. The third-order valence-corrected chi connectivity index (χ3v) is 3.57. The van der Waals surface area contributed by atoms with Crippen LogP contribution in [0.2, 0.25) is 0 Å². The average molecular weight is 300 g/mol. The molecule has 0 fully saturated rings. The van der Waals surface area contributed by atoms with Crippen LogP contribution in [0.1, 0.15) is 36.6 Å². The summed E-state index contributed by atoms with van der Waals surface area (Å²) in [5.41, 5.74) is 7.10. The standard InChI is InChI=1S/C15H20N6O/c1-2-13-19-14(21-20-13)9-17-15(16)18-11-7-8-22-12-6-4-3-5-10(11)12/h3-6,11H,2,7-9H2,1H3,(H3,16,17,18)(H,19,20,21). The summed E-state index contributed by atoms with van der Waals surface area (Å²) in [6.07, 6.45) is 1.66. The summed E-state index contributed by atoms with van der Waals surface area (Å²) in [6.45, 7) is 3.06. The van der Waals surface area contributed by atoms with Gasteiger partial charge in [0.05, 0.1) is 12.6 Å². The van der Waals surface area contributed by atoms with Crippen molar-refractivity contribution < 1.29 is 4.74 Å². The number of hydrogen-bond acceptors (Lipinski definition) is 4. The highest BCUT2D eigenvalue weighted by molar-refractivity contribution is 5.78. The molecule has 22 heavy (non-hydrogen) atoms. The smallest absolute Gasteiger partial charge is 0.189 e. The Bertz CT molecular complexity index is 666. The third-order valence-electron chi connectivity index (χ3n) is 3.57. The van der Waals surface area contributed by atoms with Crippen molar-refractivity contribution in [1.29, 1.82) is 0 Å². The van der Waals surface area contributed by atoms with Crippen LogP contribution in [0.25, 0.3) is 0 Å². The number of guanidine groups is 1. The van der Waals surface area contributed by atoms with Gasteiger partial charge < -0.3 is 15.8 Å². The van der Waals surface area contributed by atoms with Gasteiger partial charge in [0.15, 0.2) is 11.8 Å². The number of para-hydroxylation sites is 1. The highest BCUT2D eigenvalue weighted by Gasteiger charge is 2.21. The highest BCUT2D eigenvalue weighted by Crippen LogP contribution is 2.31. The van der Waals surface area contributed by atoms with E-state index in [9.17, 15) is 0 Å². The SMILES string of the molecule is CCc1n[nH]c(CN=C(N)NC2CCOc3ccccc32)n1. The summed E-state index contributed by atoms with van der Waals surface area (Å²) < 4.78 is 5.64. The lowest BCUT2D eigenvalue weighted by molar-refractivity contribution is 0.262. The van der Waals surface area contributed by atoms with E-state index in [4.69, 9.17) is 10.5 Å². The Morgan fingerprint density at radius 3 is 3.18 bits per heavy atom. The van der Waals surface area contributed by atoms with Crippen molar-refractivity contribution in [2.75, 3.05) is 6.61 Å². The number of H-pyrrole nitrogens is 1. The molecule has 1 aromatic heterocycles. The third kappa shape index (κ3) is 3.19. The van der Waals surface area contributed by atoms with E-state index in [1.165, 1.54) is 0 Å². The van der Waals surface area contributed by atoms with E-state index in [-0.39, 0.29) is 6.04 Å². The molecule has 1 aromatic carbocycles. The quantitative estimate of drug-likeness (QED) is 0.583. The monoisotopic (exact) mass is 300 g/mol. The number of aliphatic imine (C=N–C) groups is 1. The van der Waals surface area contributed by atoms with Crippen molar-refractivity contribution in [3.05, 3.63) is 41.5 Å². The van der Waals surface area contributed by atoms with Crippen LogP contribution in [-0.2, 0) is 13.0 Å². The summed E-state index contributed by atoms with van der Waals surface area (Å²) in [4.78, 5) is 8.62. The van der Waals surface area contributed by atoms with Crippen LogP contribution in [0.5, 0.6) is 5.75 Å². The number of aryl methyl sites for hydroxylation is 1. The Kier molecular flexibility index (Phi) is 4.22. The molecule has 3 rings (SSSR count). The molecule has 2 heterocycles. The summed E-state index contributed by atoms with van der Waals surface area (Å²) in [5, 5.41) is 10.2. The predicted molar refractivity (Wildman–Crippen MR) is 83.5 cm³/mol. The lowest BCUT2D eigenvalue weighted by atomic mass is 10.0. The summed E-state index contributed by atoms with van der Waals surface area (Å²) in [5.74, 6) is 2.81. The number of hydrogen-bond donors (Lipinski definition) is 3. The molecule has 0 spiro atoms. The van der Waals surface area contributed by atoms with Gasteiger partial charge in [-0.15, -0.1) is 0 Å². The van der Waals surface area contributed by atoms with Gasteiger partial charge in [-0.05, 0) is 6.07 Å². The fourth-order valence-corrected chi connectivity index (χ4v) is 2.44. The molecule has 1 atom stereocenters. The van der Waals surface area contributed by atoms with Gasteiger partial charge in [-0.2, -0.15) is 5.10 Å². The van der Waals surface area contributed by atoms with Crippen LogP contribution in [0.3, 0.4) is 0 Å². The zero-order chi connectivity index (χ0) is 15.4. The second-order valence-electron chi connectivity index (χ2n) is 5.13. The minimum absolute atomic E-state index is 0.120. The van der Waals surface area contributed by atoms with Crippen molar-refractivity contribution in [3.63, 3.8) is 0 Å². The summed E-state index contributed by atoms with van der Waals surface area (Å²) in [7, 11) is 0. The van der Waals surface area contributed by atoms with E-state index in [0.29, 0.717) is 24.9 Å². The first kappa shape index (κ1) is 14.4. The predicted octanol–water partition coefficient (Wildman–Crippen LogP) is 1.30. The molecule has 0 radical (unpaired) electrons. The van der Waals surface area contributed by atoms with Gasteiger partial charge in [0.1, 0.15) is 18.1 Å². The van der Waals surface area contributed by atoms with E-state index in [2.05, 4.69) is 25.5 Å². The molecule has 0 saturated heterocycles. The van der Waals surface area contributed by atoms with Gasteiger partial charge in [0.25, 0.3) is 0 Å². The molecule has 0 bridgehead atoms. The minimum atomic E-state index is 0.120. The van der Waals surface area contributed by atoms with Crippen LogP contribution in [0.4, 0.5) is 0 Å². The van der Waals surface area contributed by atoms with Gasteiger partial charge in [0.2, 0.25) is 0 Å². The summed E-state index contributed by atoms with van der Waals surface area (Å²) in [6, 6.07) is 8.10. The van der Waals surface area contributed by atoms with Crippen molar-refractivity contribution in [3.8, 4) is 5.75 Å². The number of ether oxygens (including phenoxy) is 1. The lowest BCUT2D eigenvalue weighted by Gasteiger charge is -2.26. The molecule has 1 aliphatic rings. The Balaban J connectivity index is 1.64. The number of rotatable bonds is 4. The molecule has 0 aliphatic carbocycles. The van der Waals surface area contributed by atoms with Crippen molar-refractivity contribution in [2.24, 2.45) is 10.7 Å². The van der Waals surface area contributed by atoms with Gasteiger partial charge in [-0.25, -0.2) is 9.98 Å². The fourth-order valence-electron chi connectivity index (χ4n) is 2.44. The van der Waals surface area contributed by atoms with Crippen LogP contribution in [0, 0.1) is 0 Å². The molecule has 0 amide bonds. The molecule has 4 N–H and O–H groups in total. The largest absolute Gasteiger partial charge is 0.493 e. The van der Waals surface area contributed by atoms with Crippen molar-refractivity contribution in [1.82, 2.24) is 20.5 Å². The fraction of sp³-hybridized carbons (Fsp3) is 0.400. The number of nitrogens with zero attached hydrogens (tertiary/aromatic N) is 3. The van der Waals surface area contributed by atoms with Gasteiger partial charge in [0, 0.05) is 18.4 Å². The molecule has 1 unspecified atom stereocenters. The van der Waals surface area contributed by atoms with E-state index < -0.39 is 0 Å². The molecular weight excluding hydrogens is 280 g/mol. The number of nitrogens with two attached hydrogens (primary N) is 1. The van der Waals surface area contributed by atoms with Crippen molar-refractivity contribution >= 4 is 5.96 Å². The van der Waals surface area contributed by atoms with Gasteiger partial charge in [-0.3, -0.25) is 5.10 Å². The second-order valence-corrected chi connectivity index (χ2v) is 5.13. The maximum absolute atomic E-state index is 5.98. The van der Waals surface area contributed by atoms with Crippen LogP contribution in [0.15, 0.2) is 29.3 Å². The maximum atomic E-state index is 5.98. The van der Waals surface area contributed by atoms with Crippen LogP contribution in [-0.4, -0.2) is 27.7 Å². The molecule has 7 nitrogen and oxygen atoms in total. The van der Waals surface area contributed by atoms with E-state index in [0.717, 1.165) is 30.0 Å². The van der Waals surface area contributed by atoms with E-state index in [1.807, 2.05) is 31.2 Å². The van der Waals surface area contributed by atoms with Gasteiger partial charge >= 0.3 is 0 Å². The molecule has 2 aromatic rings. The van der Waals surface area contributed by atoms with Crippen molar-refractivity contribution in [2.45, 2.75) is 32.4 Å². The Hall–Kier alpha value is -2.57. The normalized spacial score (nSPS) is 17.7.